The lowest BCUT2D eigenvalue weighted by molar-refractivity contribution is -0.143. The van der Waals surface area contributed by atoms with Crippen LogP contribution in [0.5, 0.6) is 0 Å². The Bertz CT molecular complexity index is 1630. The SMILES string of the molecule is O=C1OC2(CCN1Cc1ccccc1Cl)CCN(C1CCN(C(=O)c3cc(C(F)(F)F)cc(C(F)(F)F)c3)[C@H](Cc3ccccc3)C1)CC2. The molecule has 2 atom stereocenters. The Morgan fingerprint density at radius 1 is 0.837 bits per heavy atom. The van der Waals surface area contributed by atoms with E-state index in [2.05, 4.69) is 4.90 Å². The highest BCUT2D eigenvalue weighted by molar-refractivity contribution is 6.31. The average molecular weight is 708 g/mol. The fourth-order valence-corrected chi connectivity index (χ4v) is 7.50. The van der Waals surface area contributed by atoms with E-state index in [1.54, 1.807) is 11.0 Å². The summed E-state index contributed by atoms with van der Waals surface area (Å²) >= 11 is 6.29. The minimum Gasteiger partial charge on any atom is -0.443 e. The smallest absolute Gasteiger partial charge is 0.416 e. The molecule has 262 valence electrons. The standard InChI is InChI=1S/C36H36ClF6N3O3/c37-31-9-5-4-8-25(31)23-45-17-13-34(49-33(45)48)11-15-44(16-12-34)29-10-14-46(30(22-29)18-24-6-2-1-3-7-24)32(47)26-19-27(35(38,39)40)21-28(20-26)36(41,42)43/h1-9,19-21,29-30H,10-18,22-23H2/t29?,30-/m1/s1. The summed E-state index contributed by atoms with van der Waals surface area (Å²) < 4.78 is 87.7. The van der Waals surface area contributed by atoms with Gasteiger partial charge in [0, 0.05) is 68.1 Å². The number of likely N-dealkylation sites (tertiary alicyclic amines) is 2. The molecule has 49 heavy (non-hydrogen) atoms. The molecule has 13 heteroatoms. The molecule has 0 aromatic heterocycles. The predicted octanol–water partition coefficient (Wildman–Crippen LogP) is 8.47. The van der Waals surface area contributed by atoms with Crippen LogP contribution >= 0.6 is 11.6 Å². The first-order valence-electron chi connectivity index (χ1n) is 16.3. The lowest BCUT2D eigenvalue weighted by Gasteiger charge is -2.49. The highest BCUT2D eigenvalue weighted by Gasteiger charge is 2.45. The van der Waals surface area contributed by atoms with E-state index in [9.17, 15) is 35.9 Å². The summed E-state index contributed by atoms with van der Waals surface area (Å²) in [7, 11) is 0. The van der Waals surface area contributed by atoms with Gasteiger partial charge in [0.1, 0.15) is 5.60 Å². The van der Waals surface area contributed by atoms with Crippen molar-refractivity contribution in [3.05, 3.63) is 106 Å². The first kappa shape index (κ1) is 35.1. The number of amides is 2. The molecule has 0 N–H and O–H groups in total. The van der Waals surface area contributed by atoms with Crippen LogP contribution in [0.3, 0.4) is 0 Å². The number of hydrogen-bond acceptors (Lipinski definition) is 4. The van der Waals surface area contributed by atoms with Crippen molar-refractivity contribution in [1.82, 2.24) is 14.7 Å². The predicted molar refractivity (Wildman–Crippen MR) is 171 cm³/mol. The number of rotatable bonds is 6. The second kappa shape index (κ2) is 13.9. The van der Waals surface area contributed by atoms with Crippen molar-refractivity contribution in [2.24, 2.45) is 0 Å². The van der Waals surface area contributed by atoms with Crippen LogP contribution in [0.2, 0.25) is 5.02 Å². The topological polar surface area (TPSA) is 53.1 Å². The average Bonchev–Trinajstić information content (AvgIpc) is 3.06. The Labute approximate surface area is 285 Å². The molecule has 1 spiro atoms. The highest BCUT2D eigenvalue weighted by atomic mass is 35.5. The van der Waals surface area contributed by atoms with Crippen molar-refractivity contribution in [3.8, 4) is 0 Å². The van der Waals surface area contributed by atoms with Crippen LogP contribution in [0, 0.1) is 0 Å². The first-order chi connectivity index (χ1) is 23.2. The summed E-state index contributed by atoms with van der Waals surface area (Å²) in [5, 5.41) is 0.586. The van der Waals surface area contributed by atoms with Gasteiger partial charge in [0.05, 0.1) is 17.7 Å². The molecule has 3 fully saturated rings. The van der Waals surface area contributed by atoms with Gasteiger partial charge in [-0.15, -0.1) is 0 Å². The lowest BCUT2D eigenvalue weighted by Crippen LogP contribution is -2.58. The molecule has 0 bridgehead atoms. The number of benzene rings is 3. The fraction of sp³-hybridized carbons (Fsp3) is 0.444. The van der Waals surface area contributed by atoms with E-state index in [0.717, 1.165) is 11.1 Å². The summed E-state index contributed by atoms with van der Waals surface area (Å²) in [6, 6.07) is 17.3. The maximum absolute atomic E-state index is 13.8. The maximum atomic E-state index is 13.8. The van der Waals surface area contributed by atoms with Crippen LogP contribution in [-0.4, -0.2) is 70.6 Å². The number of carbonyl (C=O) groups is 2. The molecule has 0 radical (unpaired) electrons. The largest absolute Gasteiger partial charge is 0.443 e. The molecule has 6 nitrogen and oxygen atoms in total. The third-order valence-corrected chi connectivity index (χ3v) is 10.4. The molecule has 0 aliphatic carbocycles. The van der Waals surface area contributed by atoms with Gasteiger partial charge in [-0.25, -0.2) is 4.79 Å². The molecule has 3 saturated heterocycles. The zero-order valence-corrected chi connectivity index (χ0v) is 27.3. The molecular weight excluding hydrogens is 672 g/mol. The van der Waals surface area contributed by atoms with Gasteiger partial charge in [-0.1, -0.05) is 60.1 Å². The third kappa shape index (κ3) is 8.01. The number of halogens is 7. The van der Waals surface area contributed by atoms with Crippen molar-refractivity contribution >= 4 is 23.6 Å². The van der Waals surface area contributed by atoms with Gasteiger partial charge < -0.3 is 14.5 Å². The van der Waals surface area contributed by atoms with Crippen LogP contribution in [0.4, 0.5) is 31.1 Å². The van der Waals surface area contributed by atoms with Crippen LogP contribution in [0.15, 0.2) is 72.8 Å². The normalized spacial score (nSPS) is 21.9. The first-order valence-corrected chi connectivity index (χ1v) is 16.7. The van der Waals surface area contributed by atoms with E-state index in [1.165, 1.54) is 4.90 Å². The van der Waals surface area contributed by atoms with Gasteiger partial charge in [-0.05, 0) is 54.7 Å². The Kier molecular flexibility index (Phi) is 9.92. The molecule has 1 unspecified atom stereocenters. The highest BCUT2D eigenvalue weighted by Crippen LogP contribution is 2.39. The molecule has 0 saturated carbocycles. The minimum atomic E-state index is -5.06. The second-order valence-electron chi connectivity index (χ2n) is 13.2. The second-order valence-corrected chi connectivity index (χ2v) is 13.6. The minimum absolute atomic E-state index is 0.0263. The zero-order valence-electron chi connectivity index (χ0n) is 26.6. The van der Waals surface area contributed by atoms with Gasteiger partial charge in [0.25, 0.3) is 5.91 Å². The number of alkyl halides is 6. The van der Waals surface area contributed by atoms with Crippen molar-refractivity contribution in [3.63, 3.8) is 0 Å². The Morgan fingerprint density at radius 2 is 1.45 bits per heavy atom. The zero-order chi connectivity index (χ0) is 35.0. The van der Waals surface area contributed by atoms with E-state index in [4.69, 9.17) is 16.3 Å². The van der Waals surface area contributed by atoms with Crippen LogP contribution in [-0.2, 0) is 30.1 Å². The number of hydrogen-bond donors (Lipinski definition) is 0. The molecular formula is C36H36ClF6N3O3. The van der Waals surface area contributed by atoms with Crippen molar-refractivity contribution in [2.45, 2.75) is 75.1 Å². The summed E-state index contributed by atoms with van der Waals surface area (Å²) in [5.41, 5.74) is -2.50. The quantitative estimate of drug-likeness (QED) is 0.241. The number of piperidine rings is 2. The third-order valence-electron chi connectivity index (χ3n) is 10.0. The van der Waals surface area contributed by atoms with Gasteiger partial charge in [-0.2, -0.15) is 26.3 Å². The summed E-state index contributed by atoms with van der Waals surface area (Å²) in [6.45, 7) is 2.37. The number of ether oxygens (including phenoxy) is 1. The molecule has 2 amide bonds. The maximum Gasteiger partial charge on any atom is 0.416 e. The van der Waals surface area contributed by atoms with E-state index >= 15 is 0 Å². The van der Waals surface area contributed by atoms with E-state index in [1.807, 2.05) is 48.5 Å². The van der Waals surface area contributed by atoms with Gasteiger partial charge in [0.2, 0.25) is 0 Å². The molecule has 6 rings (SSSR count). The Morgan fingerprint density at radius 3 is 2.06 bits per heavy atom. The van der Waals surface area contributed by atoms with Crippen LogP contribution < -0.4 is 0 Å². The van der Waals surface area contributed by atoms with Crippen molar-refractivity contribution in [1.29, 1.82) is 0 Å². The van der Waals surface area contributed by atoms with E-state index < -0.39 is 46.6 Å². The van der Waals surface area contributed by atoms with Crippen molar-refractivity contribution < 1.29 is 40.7 Å². The van der Waals surface area contributed by atoms with Crippen molar-refractivity contribution in [2.75, 3.05) is 26.2 Å². The molecule has 3 heterocycles. The number of nitrogens with zero attached hydrogens (tertiary/aromatic N) is 3. The molecule has 3 aromatic rings. The summed E-state index contributed by atoms with van der Waals surface area (Å²) in [4.78, 5) is 32.2. The Hall–Kier alpha value is -3.77. The van der Waals surface area contributed by atoms with Gasteiger partial charge in [0.15, 0.2) is 0 Å². The fourth-order valence-electron chi connectivity index (χ4n) is 7.31. The lowest BCUT2D eigenvalue weighted by atomic mass is 9.84. The summed E-state index contributed by atoms with van der Waals surface area (Å²) in [5.74, 6) is -0.857. The van der Waals surface area contributed by atoms with E-state index in [-0.39, 0.29) is 24.7 Å². The van der Waals surface area contributed by atoms with E-state index in [0.29, 0.717) is 81.9 Å². The molecule has 3 aliphatic heterocycles. The molecule has 3 aromatic carbocycles. The van der Waals surface area contributed by atoms with Gasteiger partial charge in [-0.3, -0.25) is 9.69 Å². The van der Waals surface area contributed by atoms with Crippen LogP contribution in [0.1, 0.15) is 64.7 Å². The monoisotopic (exact) mass is 707 g/mol. The van der Waals surface area contributed by atoms with Gasteiger partial charge >= 0.3 is 18.4 Å². The summed E-state index contributed by atoms with van der Waals surface area (Å²) in [6.07, 6.45) is -7.17. The van der Waals surface area contributed by atoms with Crippen LogP contribution in [0.25, 0.3) is 0 Å². The number of carbonyl (C=O) groups excluding carboxylic acids is 2. The Balaban J connectivity index is 1.15. The molecule has 3 aliphatic rings.